The van der Waals surface area contributed by atoms with Gasteiger partial charge >= 0.3 is 11.9 Å². The maximum atomic E-state index is 12.5. The molecule has 6 N–H and O–H groups in total. The molecule has 0 spiro atoms. The summed E-state index contributed by atoms with van der Waals surface area (Å²) >= 11 is 0. The first-order valence-electron chi connectivity index (χ1n) is 8.08. The highest BCUT2D eigenvalue weighted by atomic mass is 16.4. The van der Waals surface area contributed by atoms with Gasteiger partial charge < -0.3 is 31.1 Å². The molecule has 1 aliphatic rings. The van der Waals surface area contributed by atoms with E-state index < -0.39 is 48.3 Å². The largest absolute Gasteiger partial charge is 0.481 e. The molecule has 26 heavy (non-hydrogen) atoms. The molecule has 1 aromatic rings. The molecule has 1 aliphatic heterocycles. The summed E-state index contributed by atoms with van der Waals surface area (Å²) in [4.78, 5) is 54.7. The summed E-state index contributed by atoms with van der Waals surface area (Å²) in [5.74, 6) is -3.67. The van der Waals surface area contributed by atoms with E-state index in [2.05, 4.69) is 15.3 Å². The van der Waals surface area contributed by atoms with Crippen LogP contribution in [0, 0.1) is 0 Å². The molecular formula is C15H21N5O6. The minimum Gasteiger partial charge on any atom is -0.481 e. The van der Waals surface area contributed by atoms with Crippen molar-refractivity contribution in [2.24, 2.45) is 5.73 Å². The Labute approximate surface area is 148 Å². The van der Waals surface area contributed by atoms with Crippen molar-refractivity contribution >= 4 is 23.8 Å². The van der Waals surface area contributed by atoms with Crippen molar-refractivity contribution in [2.75, 3.05) is 6.54 Å². The van der Waals surface area contributed by atoms with Gasteiger partial charge in [0, 0.05) is 24.9 Å². The normalized spacial score (nSPS) is 19.0. The van der Waals surface area contributed by atoms with Crippen LogP contribution >= 0.6 is 0 Å². The Morgan fingerprint density at radius 3 is 2.69 bits per heavy atom. The molecule has 3 atom stereocenters. The van der Waals surface area contributed by atoms with Crippen LogP contribution in [-0.2, 0) is 25.6 Å². The quantitative estimate of drug-likeness (QED) is 0.361. The fourth-order valence-corrected chi connectivity index (χ4v) is 2.88. The second-order valence-electron chi connectivity index (χ2n) is 6.07. The van der Waals surface area contributed by atoms with E-state index >= 15 is 0 Å². The Bertz CT molecular complexity index is 676. The van der Waals surface area contributed by atoms with Gasteiger partial charge in [0.2, 0.25) is 11.8 Å². The molecule has 1 fully saturated rings. The second kappa shape index (κ2) is 8.43. The van der Waals surface area contributed by atoms with Crippen molar-refractivity contribution in [2.45, 2.75) is 43.8 Å². The van der Waals surface area contributed by atoms with Crippen molar-refractivity contribution in [1.29, 1.82) is 0 Å². The van der Waals surface area contributed by atoms with Crippen LogP contribution in [0.3, 0.4) is 0 Å². The van der Waals surface area contributed by atoms with Crippen LogP contribution < -0.4 is 11.1 Å². The van der Waals surface area contributed by atoms with Crippen molar-refractivity contribution in [3.05, 3.63) is 18.2 Å². The van der Waals surface area contributed by atoms with Crippen LogP contribution in [0.1, 0.15) is 25.0 Å². The number of imidazole rings is 1. The summed E-state index contributed by atoms with van der Waals surface area (Å²) in [7, 11) is 0. The predicted octanol–water partition coefficient (Wildman–Crippen LogP) is -1.69. The number of rotatable bonds is 8. The van der Waals surface area contributed by atoms with Gasteiger partial charge in [0.1, 0.15) is 12.1 Å². The SMILES string of the molecule is N[C@@H](CC(=O)O)C(=O)N1CCC[C@H]1C(=O)N[C@@H](Cc1cnc[nH]1)C(=O)O. The van der Waals surface area contributed by atoms with Gasteiger partial charge in [-0.25, -0.2) is 9.78 Å². The molecule has 11 heteroatoms. The first kappa shape index (κ1) is 19.4. The number of aliphatic carboxylic acids is 2. The Morgan fingerprint density at radius 2 is 2.12 bits per heavy atom. The number of carbonyl (C=O) groups is 4. The van der Waals surface area contributed by atoms with E-state index in [0.717, 1.165) is 0 Å². The van der Waals surface area contributed by atoms with Gasteiger partial charge in [0.15, 0.2) is 0 Å². The number of aromatic nitrogens is 2. The third-order valence-corrected chi connectivity index (χ3v) is 4.14. The highest BCUT2D eigenvalue weighted by molar-refractivity contribution is 5.93. The molecule has 142 valence electrons. The van der Waals surface area contributed by atoms with Crippen LogP contribution in [0.4, 0.5) is 0 Å². The average molecular weight is 367 g/mol. The van der Waals surface area contributed by atoms with Crippen molar-refractivity contribution in [3.8, 4) is 0 Å². The number of aromatic amines is 1. The van der Waals surface area contributed by atoms with E-state index in [-0.39, 0.29) is 13.0 Å². The molecule has 0 bridgehead atoms. The number of amides is 2. The lowest BCUT2D eigenvalue weighted by Crippen LogP contribution is -2.54. The number of hydrogen-bond donors (Lipinski definition) is 5. The van der Waals surface area contributed by atoms with Gasteiger partial charge in [-0.15, -0.1) is 0 Å². The number of nitrogens with zero attached hydrogens (tertiary/aromatic N) is 2. The summed E-state index contributed by atoms with van der Waals surface area (Å²) in [5, 5.41) is 20.5. The molecule has 1 saturated heterocycles. The number of carboxylic acid groups (broad SMARTS) is 2. The topological polar surface area (TPSA) is 179 Å². The fourth-order valence-electron chi connectivity index (χ4n) is 2.88. The molecule has 0 radical (unpaired) electrons. The standard InChI is InChI=1S/C15H21N5O6/c16-9(5-12(21)22)14(24)20-3-1-2-11(20)13(23)19-10(15(25)26)4-8-6-17-7-18-8/h6-7,9-11H,1-5,16H2,(H,17,18)(H,19,23)(H,21,22)(H,25,26)/t9-,10-,11-/m0/s1. The summed E-state index contributed by atoms with van der Waals surface area (Å²) in [5.41, 5.74) is 6.13. The lowest BCUT2D eigenvalue weighted by molar-refractivity contribution is -0.145. The molecule has 2 heterocycles. The van der Waals surface area contributed by atoms with Gasteiger partial charge in [0.05, 0.1) is 18.8 Å². The Kier molecular flexibility index (Phi) is 6.28. The Hall–Kier alpha value is -2.95. The van der Waals surface area contributed by atoms with Crippen molar-refractivity contribution < 1.29 is 29.4 Å². The van der Waals surface area contributed by atoms with Crippen molar-refractivity contribution in [3.63, 3.8) is 0 Å². The minimum atomic E-state index is -1.25. The number of H-pyrrole nitrogens is 1. The van der Waals surface area contributed by atoms with Gasteiger partial charge in [-0.2, -0.15) is 0 Å². The van der Waals surface area contributed by atoms with Crippen LogP contribution in [0.2, 0.25) is 0 Å². The van der Waals surface area contributed by atoms with E-state index in [1.54, 1.807) is 0 Å². The molecule has 0 aromatic carbocycles. The molecule has 1 aromatic heterocycles. The molecule has 0 aliphatic carbocycles. The Balaban J connectivity index is 2.02. The summed E-state index contributed by atoms with van der Waals surface area (Å²) < 4.78 is 0. The smallest absolute Gasteiger partial charge is 0.326 e. The van der Waals surface area contributed by atoms with E-state index in [1.807, 2.05) is 0 Å². The Morgan fingerprint density at radius 1 is 1.38 bits per heavy atom. The lowest BCUT2D eigenvalue weighted by atomic mass is 10.1. The highest BCUT2D eigenvalue weighted by Crippen LogP contribution is 2.19. The third kappa shape index (κ3) is 4.79. The number of nitrogens with one attached hydrogen (secondary N) is 2. The van der Waals surface area contributed by atoms with Crippen LogP contribution in [0.15, 0.2) is 12.5 Å². The number of likely N-dealkylation sites (tertiary alicyclic amines) is 1. The van der Waals surface area contributed by atoms with Gasteiger partial charge in [-0.3, -0.25) is 14.4 Å². The summed E-state index contributed by atoms with van der Waals surface area (Å²) in [6, 6.07) is -3.31. The highest BCUT2D eigenvalue weighted by Gasteiger charge is 2.38. The molecule has 2 rings (SSSR count). The second-order valence-corrected chi connectivity index (χ2v) is 6.07. The van der Waals surface area contributed by atoms with Crippen LogP contribution in [0.25, 0.3) is 0 Å². The molecular weight excluding hydrogens is 346 g/mol. The lowest BCUT2D eigenvalue weighted by Gasteiger charge is -2.27. The van der Waals surface area contributed by atoms with E-state index in [9.17, 15) is 24.3 Å². The zero-order chi connectivity index (χ0) is 19.3. The van der Waals surface area contributed by atoms with Crippen LogP contribution in [0.5, 0.6) is 0 Å². The van der Waals surface area contributed by atoms with E-state index in [1.165, 1.54) is 17.4 Å². The first-order valence-corrected chi connectivity index (χ1v) is 8.08. The van der Waals surface area contributed by atoms with E-state index in [4.69, 9.17) is 10.8 Å². The maximum absolute atomic E-state index is 12.5. The minimum absolute atomic E-state index is 0.0142. The molecule has 0 unspecified atom stereocenters. The average Bonchev–Trinajstić information content (AvgIpc) is 3.24. The molecule has 2 amide bonds. The number of hydrogen-bond acceptors (Lipinski definition) is 6. The zero-order valence-electron chi connectivity index (χ0n) is 13.9. The number of carboxylic acids is 2. The molecule has 11 nitrogen and oxygen atoms in total. The summed E-state index contributed by atoms with van der Waals surface area (Å²) in [6.07, 6.45) is 3.23. The van der Waals surface area contributed by atoms with Gasteiger partial charge in [0.25, 0.3) is 0 Å². The van der Waals surface area contributed by atoms with Crippen LogP contribution in [-0.4, -0.2) is 73.5 Å². The monoisotopic (exact) mass is 367 g/mol. The first-order chi connectivity index (χ1) is 12.3. The zero-order valence-corrected chi connectivity index (χ0v) is 13.9. The van der Waals surface area contributed by atoms with E-state index in [0.29, 0.717) is 18.5 Å². The number of carbonyl (C=O) groups excluding carboxylic acids is 2. The van der Waals surface area contributed by atoms with Crippen molar-refractivity contribution in [1.82, 2.24) is 20.2 Å². The number of nitrogens with two attached hydrogens (primary N) is 1. The van der Waals surface area contributed by atoms with Gasteiger partial charge in [-0.1, -0.05) is 0 Å². The molecule has 0 saturated carbocycles. The summed E-state index contributed by atoms with van der Waals surface area (Å²) in [6.45, 7) is 0.266. The predicted molar refractivity (Wildman–Crippen MR) is 86.8 cm³/mol. The maximum Gasteiger partial charge on any atom is 0.326 e. The third-order valence-electron chi connectivity index (χ3n) is 4.14. The fraction of sp³-hybridized carbons (Fsp3) is 0.533. The van der Waals surface area contributed by atoms with Gasteiger partial charge in [-0.05, 0) is 12.8 Å².